The number of halogens is 3. The molecule has 1 aliphatic heterocycles. The van der Waals surface area contributed by atoms with Gasteiger partial charge in [0, 0.05) is 37.3 Å². The average Bonchev–Trinajstić information content (AvgIpc) is 3.09. The summed E-state index contributed by atoms with van der Waals surface area (Å²) in [5, 5.41) is 10.7. The highest BCUT2D eigenvalue weighted by Gasteiger charge is 2.42. The molecule has 3 rings (SSSR count). The van der Waals surface area contributed by atoms with Gasteiger partial charge in [-0.15, -0.1) is 10.2 Å². The second-order valence-electron chi connectivity index (χ2n) is 6.82. The molecule has 1 aliphatic rings. The number of carbonyl (C=O) groups is 1. The number of aryl methyl sites for hydroxylation is 1. The molecular formula is C19H24F3N5O. The summed E-state index contributed by atoms with van der Waals surface area (Å²) in [5.41, 5.74) is 1.52. The van der Waals surface area contributed by atoms with E-state index in [1.807, 2.05) is 12.1 Å². The molecule has 1 unspecified atom stereocenters. The molecule has 9 heteroatoms. The Kier molecular flexibility index (Phi) is 5.90. The van der Waals surface area contributed by atoms with Crippen LogP contribution >= 0.6 is 0 Å². The number of nitrogens with zero attached hydrogens (tertiary/aromatic N) is 4. The number of alkyl halides is 3. The predicted molar refractivity (Wildman–Crippen MR) is 99.1 cm³/mol. The van der Waals surface area contributed by atoms with Crippen LogP contribution in [0.4, 0.5) is 18.9 Å². The maximum absolute atomic E-state index is 13.0. The summed E-state index contributed by atoms with van der Waals surface area (Å²) in [6, 6.07) is 7.24. The third kappa shape index (κ3) is 4.28. The Morgan fingerprint density at radius 1 is 1.21 bits per heavy atom. The van der Waals surface area contributed by atoms with Crippen LogP contribution in [-0.2, 0) is 19.5 Å². The molecule has 28 heavy (non-hydrogen) atoms. The molecule has 0 saturated carbocycles. The minimum Gasteiger partial charge on any atom is -0.372 e. The van der Waals surface area contributed by atoms with E-state index in [2.05, 4.69) is 34.3 Å². The van der Waals surface area contributed by atoms with Crippen molar-refractivity contribution in [2.75, 3.05) is 18.0 Å². The third-order valence-electron chi connectivity index (χ3n) is 5.15. The van der Waals surface area contributed by atoms with Crippen molar-refractivity contribution >= 4 is 11.6 Å². The molecule has 6 nitrogen and oxygen atoms in total. The van der Waals surface area contributed by atoms with E-state index in [0.717, 1.165) is 18.8 Å². The first kappa shape index (κ1) is 20.2. The summed E-state index contributed by atoms with van der Waals surface area (Å²) >= 11 is 0. The van der Waals surface area contributed by atoms with Crippen LogP contribution in [0, 0.1) is 5.92 Å². The smallest absolute Gasteiger partial charge is 0.372 e. The van der Waals surface area contributed by atoms with Crippen molar-refractivity contribution in [3.63, 3.8) is 0 Å². The average molecular weight is 395 g/mol. The molecular weight excluding hydrogens is 371 g/mol. The van der Waals surface area contributed by atoms with Crippen molar-refractivity contribution in [3.05, 3.63) is 41.5 Å². The number of hydrogen-bond acceptors (Lipinski definition) is 4. The quantitative estimate of drug-likeness (QED) is 0.816. The van der Waals surface area contributed by atoms with Crippen LogP contribution in [0.25, 0.3) is 0 Å². The van der Waals surface area contributed by atoms with E-state index in [-0.39, 0.29) is 31.8 Å². The Labute approximate surface area is 161 Å². The third-order valence-corrected chi connectivity index (χ3v) is 5.15. The fourth-order valence-corrected chi connectivity index (χ4v) is 3.45. The molecule has 0 fully saturated rings. The molecule has 1 aromatic heterocycles. The zero-order valence-corrected chi connectivity index (χ0v) is 16.0. The number of carbonyl (C=O) groups excluding carboxylic acids is 1. The van der Waals surface area contributed by atoms with Crippen LogP contribution in [0.2, 0.25) is 0 Å². The zero-order valence-electron chi connectivity index (χ0n) is 16.0. The first-order valence-electron chi connectivity index (χ1n) is 9.44. The first-order valence-corrected chi connectivity index (χ1v) is 9.44. The molecule has 0 saturated heterocycles. The normalized spacial score (nSPS) is 16.5. The fraction of sp³-hybridized carbons (Fsp3) is 0.526. The molecule has 2 heterocycles. The van der Waals surface area contributed by atoms with Gasteiger partial charge in [-0.05, 0) is 44.5 Å². The highest BCUT2D eigenvalue weighted by molar-refractivity contribution is 5.94. The van der Waals surface area contributed by atoms with Gasteiger partial charge in [-0.25, -0.2) is 0 Å². The number of hydrogen-bond donors (Lipinski definition) is 1. The van der Waals surface area contributed by atoms with Gasteiger partial charge in [0.05, 0.1) is 12.5 Å². The van der Waals surface area contributed by atoms with E-state index in [1.165, 1.54) is 4.57 Å². The van der Waals surface area contributed by atoms with Gasteiger partial charge in [0.15, 0.2) is 5.82 Å². The number of amides is 1. The molecule has 152 valence electrons. The second kappa shape index (κ2) is 8.20. The second-order valence-corrected chi connectivity index (χ2v) is 6.82. The summed E-state index contributed by atoms with van der Waals surface area (Å²) in [6.07, 6.45) is -3.99. The summed E-state index contributed by atoms with van der Waals surface area (Å²) < 4.78 is 40.5. The molecule has 1 aromatic carbocycles. The van der Waals surface area contributed by atoms with Crippen molar-refractivity contribution in [2.24, 2.45) is 5.92 Å². The minimum atomic E-state index is -4.24. The summed E-state index contributed by atoms with van der Waals surface area (Å²) in [7, 11) is 0. The Morgan fingerprint density at radius 3 is 2.50 bits per heavy atom. The van der Waals surface area contributed by atoms with Gasteiger partial charge in [-0.1, -0.05) is 0 Å². The van der Waals surface area contributed by atoms with Gasteiger partial charge in [0.1, 0.15) is 5.82 Å². The Hall–Kier alpha value is -2.58. The van der Waals surface area contributed by atoms with Crippen molar-refractivity contribution in [3.8, 4) is 0 Å². The van der Waals surface area contributed by atoms with Crippen LogP contribution < -0.4 is 10.2 Å². The van der Waals surface area contributed by atoms with Crippen molar-refractivity contribution < 1.29 is 18.0 Å². The number of benzene rings is 1. The minimum absolute atomic E-state index is 0.0207. The Morgan fingerprint density at radius 2 is 1.89 bits per heavy atom. The molecule has 0 bridgehead atoms. The van der Waals surface area contributed by atoms with Crippen molar-refractivity contribution in [2.45, 2.75) is 46.0 Å². The predicted octanol–water partition coefficient (Wildman–Crippen LogP) is 3.18. The van der Waals surface area contributed by atoms with Crippen LogP contribution in [-0.4, -0.2) is 39.9 Å². The van der Waals surface area contributed by atoms with Crippen molar-refractivity contribution in [1.29, 1.82) is 0 Å². The Bertz CT molecular complexity index is 812. The van der Waals surface area contributed by atoms with Gasteiger partial charge in [0.2, 0.25) is 0 Å². The maximum Gasteiger partial charge on any atom is 0.393 e. The number of rotatable bonds is 6. The monoisotopic (exact) mass is 395 g/mol. The standard InChI is InChI=1S/C19H24F3N5O/c1-3-26(4-2)15-8-5-13(6-9-15)18(28)23-11-17-25-24-16-10-7-14(12-27(16)17)19(20,21)22/h5-6,8-9,14H,3-4,7,10-12H2,1-2H3,(H,23,28). The molecule has 1 amide bonds. The summed E-state index contributed by atoms with van der Waals surface area (Å²) in [4.78, 5) is 14.6. The lowest BCUT2D eigenvalue weighted by atomic mass is 9.99. The number of fused-ring (bicyclic) bond motifs is 1. The van der Waals surface area contributed by atoms with E-state index >= 15 is 0 Å². The van der Waals surface area contributed by atoms with Crippen LogP contribution in [0.3, 0.4) is 0 Å². The van der Waals surface area contributed by atoms with Gasteiger partial charge in [0.25, 0.3) is 5.91 Å². The number of nitrogens with one attached hydrogen (secondary N) is 1. The maximum atomic E-state index is 13.0. The molecule has 1 N–H and O–H groups in total. The van der Waals surface area contributed by atoms with Crippen LogP contribution in [0.5, 0.6) is 0 Å². The van der Waals surface area contributed by atoms with Gasteiger partial charge >= 0.3 is 6.18 Å². The molecule has 0 radical (unpaired) electrons. The van der Waals surface area contributed by atoms with E-state index < -0.39 is 12.1 Å². The fourth-order valence-electron chi connectivity index (χ4n) is 3.45. The topological polar surface area (TPSA) is 63.1 Å². The van der Waals surface area contributed by atoms with Crippen LogP contribution in [0.15, 0.2) is 24.3 Å². The summed E-state index contributed by atoms with van der Waals surface area (Å²) in [6.45, 7) is 5.71. The van der Waals surface area contributed by atoms with Crippen LogP contribution in [0.1, 0.15) is 42.3 Å². The van der Waals surface area contributed by atoms with E-state index in [0.29, 0.717) is 17.2 Å². The SMILES string of the molecule is CCN(CC)c1ccc(C(=O)NCc2nnc3n2CC(C(F)(F)F)CC3)cc1. The highest BCUT2D eigenvalue weighted by atomic mass is 19.4. The lowest BCUT2D eigenvalue weighted by Crippen LogP contribution is -2.34. The van der Waals surface area contributed by atoms with E-state index in [4.69, 9.17) is 0 Å². The highest BCUT2D eigenvalue weighted by Crippen LogP contribution is 2.34. The largest absolute Gasteiger partial charge is 0.393 e. The molecule has 1 atom stereocenters. The van der Waals surface area contributed by atoms with Gasteiger partial charge in [-0.3, -0.25) is 4.79 Å². The number of aromatic nitrogens is 3. The number of anilines is 1. The van der Waals surface area contributed by atoms with E-state index in [1.54, 1.807) is 12.1 Å². The van der Waals surface area contributed by atoms with Gasteiger partial charge < -0.3 is 14.8 Å². The Balaban J connectivity index is 1.64. The zero-order chi connectivity index (χ0) is 20.3. The molecule has 0 spiro atoms. The first-order chi connectivity index (χ1) is 13.3. The molecule has 2 aromatic rings. The molecule has 0 aliphatic carbocycles. The van der Waals surface area contributed by atoms with Crippen molar-refractivity contribution in [1.82, 2.24) is 20.1 Å². The lowest BCUT2D eigenvalue weighted by Gasteiger charge is -2.26. The lowest BCUT2D eigenvalue weighted by molar-refractivity contribution is -0.182. The van der Waals surface area contributed by atoms with E-state index in [9.17, 15) is 18.0 Å². The summed E-state index contributed by atoms with van der Waals surface area (Å²) in [5.74, 6) is -0.824. The van der Waals surface area contributed by atoms with Gasteiger partial charge in [-0.2, -0.15) is 13.2 Å².